The van der Waals surface area contributed by atoms with Crippen LogP contribution in [-0.2, 0) is 17.8 Å². The van der Waals surface area contributed by atoms with Crippen molar-refractivity contribution in [1.29, 1.82) is 0 Å². The molecule has 1 unspecified atom stereocenters. The molecule has 5 nitrogen and oxygen atoms in total. The lowest BCUT2D eigenvalue weighted by molar-refractivity contribution is 0.0993. The van der Waals surface area contributed by atoms with Crippen molar-refractivity contribution >= 4 is 0 Å². The summed E-state index contributed by atoms with van der Waals surface area (Å²) in [4.78, 5) is 0. The Balaban J connectivity index is 2.42. The fourth-order valence-corrected chi connectivity index (χ4v) is 1.16. The summed E-state index contributed by atoms with van der Waals surface area (Å²) in [5.41, 5.74) is 0.965. The Kier molecular flexibility index (Phi) is 4.71. The van der Waals surface area contributed by atoms with Gasteiger partial charge in [0.2, 0.25) is 0 Å². The molecular formula is C10H20N4O. The number of nitrogens with one attached hydrogen (secondary N) is 1. The maximum atomic E-state index is 5.16. The summed E-state index contributed by atoms with van der Waals surface area (Å²) in [6.07, 6.45) is 2.11. The Morgan fingerprint density at radius 1 is 1.47 bits per heavy atom. The number of methoxy groups -OCH3 is 1. The van der Waals surface area contributed by atoms with Crippen LogP contribution >= 0.6 is 0 Å². The third-order valence-corrected chi connectivity index (χ3v) is 2.12. The summed E-state index contributed by atoms with van der Waals surface area (Å²) in [6.45, 7) is 7.73. The molecule has 0 saturated heterocycles. The predicted molar refractivity (Wildman–Crippen MR) is 58.5 cm³/mol. The fourth-order valence-electron chi connectivity index (χ4n) is 1.16. The highest BCUT2D eigenvalue weighted by molar-refractivity contribution is 4.91. The van der Waals surface area contributed by atoms with E-state index in [0.717, 1.165) is 18.8 Å². The highest BCUT2D eigenvalue weighted by Crippen LogP contribution is 1.97. The van der Waals surface area contributed by atoms with Crippen LogP contribution < -0.4 is 5.32 Å². The molecule has 0 fully saturated rings. The molecule has 1 heterocycles. The minimum atomic E-state index is 0.164. The van der Waals surface area contributed by atoms with Crippen LogP contribution in [0.4, 0.5) is 0 Å². The van der Waals surface area contributed by atoms with Crippen LogP contribution in [0.5, 0.6) is 0 Å². The molecule has 1 atom stereocenters. The van der Waals surface area contributed by atoms with Gasteiger partial charge in [0, 0.05) is 25.9 Å². The summed E-state index contributed by atoms with van der Waals surface area (Å²) in [5, 5.41) is 11.4. The Hall–Kier alpha value is -0.940. The van der Waals surface area contributed by atoms with Gasteiger partial charge in [-0.15, -0.1) is 5.10 Å². The van der Waals surface area contributed by atoms with Crippen LogP contribution in [0.25, 0.3) is 0 Å². The normalized spacial score (nSPS) is 13.4. The zero-order chi connectivity index (χ0) is 11.3. The molecule has 0 aliphatic rings. The fraction of sp³-hybridized carbons (Fsp3) is 0.800. The molecule has 1 N–H and O–H groups in total. The van der Waals surface area contributed by atoms with Crippen molar-refractivity contribution in [3.63, 3.8) is 0 Å². The first kappa shape index (κ1) is 12.1. The largest absolute Gasteiger partial charge is 0.380 e. The lowest BCUT2D eigenvalue weighted by Gasteiger charge is -2.07. The molecule has 0 aromatic carbocycles. The second-order valence-corrected chi connectivity index (χ2v) is 4.01. The average molecular weight is 212 g/mol. The van der Waals surface area contributed by atoms with Crippen LogP contribution in [0.2, 0.25) is 0 Å². The van der Waals surface area contributed by atoms with Crippen molar-refractivity contribution in [3.8, 4) is 0 Å². The van der Waals surface area contributed by atoms with Crippen molar-refractivity contribution < 1.29 is 4.74 Å². The van der Waals surface area contributed by atoms with E-state index in [4.69, 9.17) is 4.74 Å². The molecule has 0 bridgehead atoms. The van der Waals surface area contributed by atoms with Gasteiger partial charge in [0.25, 0.3) is 0 Å². The van der Waals surface area contributed by atoms with Gasteiger partial charge in [-0.2, -0.15) is 0 Å². The van der Waals surface area contributed by atoms with Crippen LogP contribution in [0.1, 0.15) is 26.5 Å². The van der Waals surface area contributed by atoms with Gasteiger partial charge in [0.1, 0.15) is 0 Å². The van der Waals surface area contributed by atoms with Gasteiger partial charge < -0.3 is 10.1 Å². The zero-order valence-electron chi connectivity index (χ0n) is 9.90. The Morgan fingerprint density at radius 3 is 2.80 bits per heavy atom. The van der Waals surface area contributed by atoms with Gasteiger partial charge >= 0.3 is 0 Å². The molecule has 0 spiro atoms. The molecule has 0 amide bonds. The van der Waals surface area contributed by atoms with E-state index in [1.165, 1.54) is 0 Å². The van der Waals surface area contributed by atoms with Crippen LogP contribution in [0.3, 0.4) is 0 Å². The SMILES string of the molecule is COC(C)Cn1cc(CNC(C)C)nn1. The van der Waals surface area contributed by atoms with Crippen molar-refractivity contribution in [3.05, 3.63) is 11.9 Å². The molecule has 15 heavy (non-hydrogen) atoms. The summed E-state index contributed by atoms with van der Waals surface area (Å²) < 4.78 is 6.97. The molecule has 1 aromatic heterocycles. The molecule has 0 saturated carbocycles. The number of nitrogens with zero attached hydrogens (tertiary/aromatic N) is 3. The molecule has 86 valence electrons. The van der Waals surface area contributed by atoms with E-state index in [1.54, 1.807) is 7.11 Å². The second kappa shape index (κ2) is 5.82. The Bertz CT molecular complexity index is 285. The second-order valence-electron chi connectivity index (χ2n) is 4.01. The van der Waals surface area contributed by atoms with Crippen LogP contribution in [0, 0.1) is 0 Å². The lowest BCUT2D eigenvalue weighted by atomic mass is 10.3. The average Bonchev–Trinajstić information content (AvgIpc) is 2.62. The zero-order valence-corrected chi connectivity index (χ0v) is 9.90. The first-order valence-corrected chi connectivity index (χ1v) is 5.27. The van der Waals surface area contributed by atoms with Gasteiger partial charge in [0.15, 0.2) is 0 Å². The summed E-state index contributed by atoms with van der Waals surface area (Å²) in [5.74, 6) is 0. The minimum Gasteiger partial charge on any atom is -0.380 e. The number of hydrogen-bond acceptors (Lipinski definition) is 4. The summed E-state index contributed by atoms with van der Waals surface area (Å²) in [6, 6.07) is 0.466. The van der Waals surface area contributed by atoms with Crippen LogP contribution in [-0.4, -0.2) is 34.2 Å². The molecule has 5 heteroatoms. The van der Waals surface area contributed by atoms with E-state index in [0.29, 0.717) is 6.04 Å². The molecule has 1 rings (SSSR count). The molecular weight excluding hydrogens is 192 g/mol. The quantitative estimate of drug-likeness (QED) is 0.758. The number of rotatable bonds is 6. The van der Waals surface area contributed by atoms with Gasteiger partial charge in [-0.25, -0.2) is 4.68 Å². The Labute approximate surface area is 90.8 Å². The van der Waals surface area contributed by atoms with Gasteiger partial charge in [0.05, 0.1) is 18.3 Å². The third kappa shape index (κ3) is 4.40. The summed E-state index contributed by atoms with van der Waals surface area (Å²) in [7, 11) is 1.70. The first-order valence-electron chi connectivity index (χ1n) is 5.27. The first-order chi connectivity index (χ1) is 7.11. The number of aromatic nitrogens is 3. The highest BCUT2D eigenvalue weighted by atomic mass is 16.5. The minimum absolute atomic E-state index is 0.164. The maximum Gasteiger partial charge on any atom is 0.0964 e. The molecule has 0 aliphatic heterocycles. The van der Waals surface area contributed by atoms with Gasteiger partial charge in [-0.1, -0.05) is 19.1 Å². The Morgan fingerprint density at radius 2 is 2.20 bits per heavy atom. The van der Waals surface area contributed by atoms with E-state index in [-0.39, 0.29) is 6.10 Å². The van der Waals surface area contributed by atoms with Crippen molar-refractivity contribution in [2.24, 2.45) is 0 Å². The monoisotopic (exact) mass is 212 g/mol. The van der Waals surface area contributed by atoms with Crippen molar-refractivity contribution in [1.82, 2.24) is 20.3 Å². The highest BCUT2D eigenvalue weighted by Gasteiger charge is 2.04. The predicted octanol–water partition coefficient (Wildman–Crippen LogP) is 0.811. The molecule has 0 radical (unpaired) electrons. The number of hydrogen-bond donors (Lipinski definition) is 1. The van der Waals surface area contributed by atoms with E-state index in [2.05, 4.69) is 29.5 Å². The van der Waals surface area contributed by atoms with Gasteiger partial charge in [-0.3, -0.25) is 0 Å². The summed E-state index contributed by atoms with van der Waals surface area (Å²) >= 11 is 0. The molecule has 1 aromatic rings. The smallest absolute Gasteiger partial charge is 0.0964 e. The standard InChI is InChI=1S/C10H20N4O/c1-8(2)11-5-10-7-14(13-12-10)6-9(3)15-4/h7-9,11H,5-6H2,1-4H3. The van der Waals surface area contributed by atoms with E-state index in [9.17, 15) is 0 Å². The maximum absolute atomic E-state index is 5.16. The van der Waals surface area contributed by atoms with Crippen molar-refractivity contribution in [2.75, 3.05) is 7.11 Å². The van der Waals surface area contributed by atoms with E-state index in [1.807, 2.05) is 17.8 Å². The lowest BCUT2D eigenvalue weighted by Crippen LogP contribution is -2.22. The molecule has 0 aliphatic carbocycles. The third-order valence-electron chi connectivity index (χ3n) is 2.12. The van der Waals surface area contributed by atoms with E-state index < -0.39 is 0 Å². The van der Waals surface area contributed by atoms with Gasteiger partial charge in [-0.05, 0) is 6.92 Å². The van der Waals surface area contributed by atoms with Crippen molar-refractivity contribution in [2.45, 2.75) is 46.0 Å². The topological polar surface area (TPSA) is 52.0 Å². The number of ether oxygens (including phenoxy) is 1. The van der Waals surface area contributed by atoms with Crippen LogP contribution in [0.15, 0.2) is 6.20 Å². The van der Waals surface area contributed by atoms with E-state index >= 15 is 0 Å².